The molecular formula is C5H11CuMnNO2S. The number of carbonyl (C=O) groups is 1. The van der Waals surface area contributed by atoms with Gasteiger partial charge in [-0.3, -0.25) is 4.79 Å². The first-order chi connectivity index (χ1) is 4.18. The minimum atomic E-state index is -0.913. The molecule has 0 saturated heterocycles. The molecule has 0 spiro atoms. The number of hydrogen-bond acceptors (Lipinski definition) is 3. The predicted molar refractivity (Wildman–Crippen MR) is 38.6 cm³/mol. The third kappa shape index (κ3) is 10.8. The largest absolute Gasteiger partial charge is 0.480 e. The zero-order valence-corrected chi connectivity index (χ0v) is 8.95. The van der Waals surface area contributed by atoms with Gasteiger partial charge in [0.05, 0.1) is 0 Å². The molecule has 0 heterocycles. The molecule has 0 aliphatic rings. The number of carboxylic acids is 1. The van der Waals surface area contributed by atoms with Crippen LogP contribution in [0.15, 0.2) is 0 Å². The molecule has 0 aromatic carbocycles. The maximum absolute atomic E-state index is 10.1. The van der Waals surface area contributed by atoms with Crippen molar-refractivity contribution in [2.24, 2.45) is 5.73 Å². The Morgan fingerprint density at radius 3 is 2.45 bits per heavy atom. The predicted octanol–water partition coefficient (Wildman–Crippen LogP) is 0.146. The van der Waals surface area contributed by atoms with Crippen LogP contribution in [0.4, 0.5) is 0 Å². The molecule has 11 heavy (non-hydrogen) atoms. The molecule has 0 aliphatic heterocycles. The second kappa shape index (κ2) is 10.8. The molecular weight excluding hydrogens is 257 g/mol. The Balaban J connectivity index is -0.000000320. The van der Waals surface area contributed by atoms with Crippen LogP contribution < -0.4 is 5.73 Å². The summed E-state index contributed by atoms with van der Waals surface area (Å²) < 4.78 is 0. The van der Waals surface area contributed by atoms with Crippen LogP contribution in [0.25, 0.3) is 0 Å². The molecule has 0 amide bonds. The van der Waals surface area contributed by atoms with Gasteiger partial charge in [0.2, 0.25) is 0 Å². The fourth-order valence-electron chi connectivity index (χ4n) is 0.368. The summed E-state index contributed by atoms with van der Waals surface area (Å²) in [6, 6.07) is -0.683. The second-order valence-electron chi connectivity index (χ2n) is 1.73. The molecule has 0 saturated carbocycles. The number of thioether (sulfide) groups is 1. The summed E-state index contributed by atoms with van der Waals surface area (Å²) in [6.45, 7) is 0. The third-order valence-electron chi connectivity index (χ3n) is 0.950. The van der Waals surface area contributed by atoms with Gasteiger partial charge >= 0.3 is 5.97 Å². The van der Waals surface area contributed by atoms with Gasteiger partial charge in [-0.15, -0.1) is 0 Å². The summed E-state index contributed by atoms with van der Waals surface area (Å²) in [5.41, 5.74) is 5.19. The van der Waals surface area contributed by atoms with E-state index in [4.69, 9.17) is 10.8 Å². The van der Waals surface area contributed by atoms with Gasteiger partial charge < -0.3 is 10.8 Å². The fraction of sp³-hybridized carbons (Fsp3) is 0.800. The number of nitrogens with two attached hydrogens (primary N) is 1. The molecule has 0 aromatic heterocycles. The van der Waals surface area contributed by atoms with E-state index in [0.29, 0.717) is 6.42 Å². The van der Waals surface area contributed by atoms with Crippen molar-refractivity contribution in [2.75, 3.05) is 12.0 Å². The van der Waals surface area contributed by atoms with Crippen molar-refractivity contribution in [2.45, 2.75) is 12.5 Å². The van der Waals surface area contributed by atoms with Gasteiger partial charge in [-0.2, -0.15) is 11.8 Å². The van der Waals surface area contributed by atoms with Gasteiger partial charge in [-0.05, 0) is 18.4 Å². The minimum Gasteiger partial charge on any atom is -0.480 e. The van der Waals surface area contributed by atoms with Crippen LogP contribution in [0.2, 0.25) is 0 Å². The zero-order chi connectivity index (χ0) is 7.28. The van der Waals surface area contributed by atoms with Gasteiger partial charge in [0.25, 0.3) is 0 Å². The summed E-state index contributed by atoms with van der Waals surface area (Å²) in [5, 5.41) is 8.27. The third-order valence-corrected chi connectivity index (χ3v) is 1.59. The van der Waals surface area contributed by atoms with Crippen molar-refractivity contribution >= 4 is 17.7 Å². The summed E-state index contributed by atoms with van der Waals surface area (Å²) in [6.07, 6.45) is 2.48. The van der Waals surface area contributed by atoms with Gasteiger partial charge in [-0.1, -0.05) is 0 Å². The number of rotatable bonds is 4. The molecule has 3 nitrogen and oxygen atoms in total. The molecule has 3 N–H and O–H groups in total. The molecule has 6 heteroatoms. The van der Waals surface area contributed by atoms with E-state index in [2.05, 4.69) is 0 Å². The Hall–Kier alpha value is 0.819. The molecule has 0 aromatic rings. The van der Waals surface area contributed by atoms with E-state index in [1.165, 1.54) is 0 Å². The Bertz CT molecular complexity index is 106. The molecule has 0 rings (SSSR count). The molecule has 0 bridgehead atoms. The zero-order valence-electron chi connectivity index (χ0n) is 6.01. The monoisotopic (exact) mass is 267 g/mol. The van der Waals surface area contributed by atoms with Gasteiger partial charge in [0.1, 0.15) is 6.04 Å². The first-order valence-electron chi connectivity index (χ1n) is 2.65. The van der Waals surface area contributed by atoms with Crippen molar-refractivity contribution in [3.8, 4) is 0 Å². The van der Waals surface area contributed by atoms with Crippen molar-refractivity contribution < 1.29 is 44.0 Å². The van der Waals surface area contributed by atoms with E-state index in [0.717, 1.165) is 5.75 Å². The Morgan fingerprint density at radius 2 is 2.18 bits per heavy atom. The number of hydrogen-bond donors (Lipinski definition) is 2. The van der Waals surface area contributed by atoms with Crippen molar-refractivity contribution in [1.82, 2.24) is 0 Å². The van der Waals surface area contributed by atoms with Crippen LogP contribution in [0.1, 0.15) is 6.42 Å². The van der Waals surface area contributed by atoms with E-state index in [9.17, 15) is 4.79 Å². The van der Waals surface area contributed by atoms with Crippen LogP contribution in [0.3, 0.4) is 0 Å². The van der Waals surface area contributed by atoms with E-state index < -0.39 is 12.0 Å². The number of aliphatic carboxylic acids is 1. The summed E-state index contributed by atoms with van der Waals surface area (Å²) in [7, 11) is 0. The van der Waals surface area contributed by atoms with Crippen LogP contribution in [-0.2, 0) is 38.9 Å². The van der Waals surface area contributed by atoms with E-state index in [1.807, 2.05) is 6.26 Å². The van der Waals surface area contributed by atoms with Crippen LogP contribution >= 0.6 is 11.8 Å². The first-order valence-corrected chi connectivity index (χ1v) is 4.05. The van der Waals surface area contributed by atoms with Crippen molar-refractivity contribution in [1.29, 1.82) is 0 Å². The Morgan fingerprint density at radius 1 is 1.73 bits per heavy atom. The molecule has 0 unspecified atom stereocenters. The molecule has 2 radical (unpaired) electrons. The molecule has 72 valence electrons. The quantitative estimate of drug-likeness (QED) is 0.712. The van der Waals surface area contributed by atoms with E-state index >= 15 is 0 Å². The van der Waals surface area contributed by atoms with Gasteiger partial charge in [0, 0.05) is 34.1 Å². The van der Waals surface area contributed by atoms with Crippen LogP contribution in [-0.4, -0.2) is 29.1 Å². The molecule has 0 fully saturated rings. The average molecular weight is 268 g/mol. The van der Waals surface area contributed by atoms with Crippen molar-refractivity contribution in [3.63, 3.8) is 0 Å². The van der Waals surface area contributed by atoms with Crippen LogP contribution in [0, 0.1) is 0 Å². The summed E-state index contributed by atoms with van der Waals surface area (Å²) >= 11 is 1.60. The maximum atomic E-state index is 10.1. The van der Waals surface area contributed by atoms with Gasteiger partial charge in [-0.25, -0.2) is 0 Å². The van der Waals surface area contributed by atoms with Crippen molar-refractivity contribution in [3.05, 3.63) is 0 Å². The standard InChI is InChI=1S/C5H11NO2S.Cu.Mn/c1-9-3-2-4(6)5(7)8;;/h4H,2-3,6H2,1H3,(H,7,8);;/t4-;;/m0../s1. The van der Waals surface area contributed by atoms with Crippen LogP contribution in [0.5, 0.6) is 0 Å². The Labute approximate surface area is 91.8 Å². The minimum absolute atomic E-state index is 0. The Kier molecular flexibility index (Phi) is 17.5. The summed E-state index contributed by atoms with van der Waals surface area (Å²) in [5.74, 6) is -0.1000. The normalized spacial score (nSPS) is 10.7. The topological polar surface area (TPSA) is 63.3 Å². The molecule has 0 aliphatic carbocycles. The van der Waals surface area contributed by atoms with Gasteiger partial charge in [0.15, 0.2) is 0 Å². The number of carboxylic acid groups (broad SMARTS) is 1. The smallest absolute Gasteiger partial charge is 0.320 e. The average Bonchev–Trinajstić information content (AvgIpc) is 1.82. The summed E-state index contributed by atoms with van der Waals surface area (Å²) in [4.78, 5) is 10.1. The fourth-order valence-corrected chi connectivity index (χ4v) is 0.858. The SMILES string of the molecule is CSCC[C@H](N)C(=O)O.[Cu].[Mn]. The second-order valence-corrected chi connectivity index (χ2v) is 2.71. The van der Waals surface area contributed by atoms with E-state index in [1.54, 1.807) is 11.8 Å². The molecule has 1 atom stereocenters. The van der Waals surface area contributed by atoms with E-state index in [-0.39, 0.29) is 34.1 Å². The first kappa shape index (κ1) is 17.8. The maximum Gasteiger partial charge on any atom is 0.320 e.